The molecule has 0 radical (unpaired) electrons. The van der Waals surface area contributed by atoms with Crippen molar-refractivity contribution < 1.29 is 5.11 Å². The smallest absolute Gasteiger partial charge is 0.139 e. The Bertz CT molecular complexity index is 979. The highest BCUT2D eigenvalue weighted by atomic mass is 16.3. The number of aromatic hydroxyl groups is 1. The Morgan fingerprint density at radius 2 is 0.871 bits per heavy atom. The number of benzene rings is 3. The zero-order chi connectivity index (χ0) is 21.0. The molecular formula is C26H30N4O. The maximum Gasteiger partial charge on any atom is 0.139 e. The molecule has 3 aromatic rings. The van der Waals surface area contributed by atoms with E-state index < -0.39 is 0 Å². The average Bonchev–Trinajstić information content (AvgIpc) is 2.86. The molecule has 0 saturated carbocycles. The minimum Gasteiger partial charge on any atom is -0.506 e. The second-order valence-corrected chi connectivity index (χ2v) is 8.29. The van der Waals surface area contributed by atoms with Gasteiger partial charge in [0, 0.05) is 69.4 Å². The minimum absolute atomic E-state index is 0.375. The molecule has 5 rings (SSSR count). The van der Waals surface area contributed by atoms with Crippen LogP contribution in [0.3, 0.4) is 0 Å². The summed E-state index contributed by atoms with van der Waals surface area (Å²) in [7, 11) is 0. The summed E-state index contributed by atoms with van der Waals surface area (Å²) in [4.78, 5) is 9.61. The molecule has 1 N–H and O–H groups in total. The number of hydrogen-bond acceptors (Lipinski definition) is 5. The predicted molar refractivity (Wildman–Crippen MR) is 130 cm³/mol. The van der Waals surface area contributed by atoms with E-state index >= 15 is 0 Å². The first-order valence-corrected chi connectivity index (χ1v) is 11.2. The number of nitrogens with zero attached hydrogens (tertiary/aromatic N) is 4. The molecular weight excluding hydrogens is 384 g/mol. The highest BCUT2D eigenvalue weighted by molar-refractivity contribution is 5.67. The van der Waals surface area contributed by atoms with Crippen LogP contribution in [0.1, 0.15) is 0 Å². The van der Waals surface area contributed by atoms with Crippen molar-refractivity contribution in [1.29, 1.82) is 0 Å². The Balaban J connectivity index is 1.24. The van der Waals surface area contributed by atoms with Crippen molar-refractivity contribution in [2.45, 2.75) is 0 Å². The summed E-state index contributed by atoms with van der Waals surface area (Å²) in [5.74, 6) is 0.375. The minimum atomic E-state index is 0.375. The van der Waals surface area contributed by atoms with Crippen molar-refractivity contribution in [1.82, 2.24) is 0 Å². The zero-order valence-electron chi connectivity index (χ0n) is 17.9. The quantitative estimate of drug-likeness (QED) is 0.697. The van der Waals surface area contributed by atoms with Crippen LogP contribution in [0.4, 0.5) is 22.7 Å². The molecule has 0 aliphatic carbocycles. The van der Waals surface area contributed by atoms with Gasteiger partial charge in [-0.25, -0.2) is 0 Å². The normalized spacial score (nSPS) is 17.2. The van der Waals surface area contributed by atoms with Gasteiger partial charge in [-0.05, 0) is 42.5 Å². The van der Waals surface area contributed by atoms with E-state index in [4.69, 9.17) is 0 Å². The molecule has 2 heterocycles. The van der Waals surface area contributed by atoms with Crippen LogP contribution in [0.25, 0.3) is 0 Å². The van der Waals surface area contributed by atoms with Gasteiger partial charge in [-0.15, -0.1) is 0 Å². The highest BCUT2D eigenvalue weighted by Gasteiger charge is 2.22. The van der Waals surface area contributed by atoms with Gasteiger partial charge in [-0.2, -0.15) is 0 Å². The summed E-state index contributed by atoms with van der Waals surface area (Å²) in [6.45, 7) is 7.74. The predicted octanol–water partition coefficient (Wildman–Crippen LogP) is 4.05. The number of phenolic OH excluding ortho intramolecular Hbond substituents is 1. The van der Waals surface area contributed by atoms with E-state index in [1.165, 1.54) is 17.1 Å². The molecule has 2 aliphatic rings. The fraction of sp³-hybridized carbons (Fsp3) is 0.308. The molecule has 0 unspecified atom stereocenters. The zero-order valence-corrected chi connectivity index (χ0v) is 17.9. The first-order valence-electron chi connectivity index (χ1n) is 11.2. The molecule has 2 aliphatic heterocycles. The Kier molecular flexibility index (Phi) is 5.57. The molecule has 2 fully saturated rings. The van der Waals surface area contributed by atoms with Gasteiger partial charge in [0.2, 0.25) is 0 Å². The number of phenols is 1. The number of rotatable bonds is 4. The lowest BCUT2D eigenvalue weighted by Gasteiger charge is -2.39. The molecule has 0 aromatic heterocycles. The van der Waals surface area contributed by atoms with Crippen molar-refractivity contribution in [2.75, 3.05) is 72.0 Å². The van der Waals surface area contributed by atoms with Crippen molar-refractivity contribution in [2.24, 2.45) is 0 Å². The van der Waals surface area contributed by atoms with E-state index in [9.17, 15) is 5.11 Å². The standard InChI is InChI=1S/C26H30N4O/c31-26-12-11-24(29-15-13-27(14-16-29)22-7-3-1-4-8-22)21-25(26)30-19-17-28(18-20-30)23-9-5-2-6-10-23/h1-12,21,31H,13-20H2. The van der Waals surface area contributed by atoms with Gasteiger partial charge in [0.25, 0.3) is 0 Å². The summed E-state index contributed by atoms with van der Waals surface area (Å²) in [6, 6.07) is 27.3. The van der Waals surface area contributed by atoms with Crippen LogP contribution >= 0.6 is 0 Å². The first-order chi connectivity index (χ1) is 15.3. The summed E-state index contributed by atoms with van der Waals surface area (Å²) < 4.78 is 0. The fourth-order valence-electron chi connectivity index (χ4n) is 4.67. The number of para-hydroxylation sites is 2. The summed E-state index contributed by atoms with van der Waals surface area (Å²) in [5, 5.41) is 10.6. The number of anilines is 4. The third kappa shape index (κ3) is 4.26. The Morgan fingerprint density at radius 3 is 1.35 bits per heavy atom. The Hall–Kier alpha value is -3.34. The molecule has 2 saturated heterocycles. The fourth-order valence-corrected chi connectivity index (χ4v) is 4.67. The number of hydrogen-bond donors (Lipinski definition) is 1. The lowest BCUT2D eigenvalue weighted by Crippen LogP contribution is -2.47. The molecule has 5 heteroatoms. The summed E-state index contributed by atoms with van der Waals surface area (Å²) >= 11 is 0. The molecule has 31 heavy (non-hydrogen) atoms. The summed E-state index contributed by atoms with van der Waals surface area (Å²) in [5.41, 5.74) is 4.72. The van der Waals surface area contributed by atoms with E-state index in [2.05, 4.69) is 92.4 Å². The van der Waals surface area contributed by atoms with E-state index in [0.29, 0.717) is 5.75 Å². The summed E-state index contributed by atoms with van der Waals surface area (Å²) in [6.07, 6.45) is 0. The second-order valence-electron chi connectivity index (χ2n) is 8.29. The number of piperazine rings is 2. The monoisotopic (exact) mass is 414 g/mol. The molecule has 0 atom stereocenters. The first kappa shape index (κ1) is 19.6. The molecule has 160 valence electrons. The van der Waals surface area contributed by atoms with Gasteiger partial charge in [0.05, 0.1) is 5.69 Å². The molecule has 0 amide bonds. The van der Waals surface area contributed by atoms with Crippen molar-refractivity contribution in [3.63, 3.8) is 0 Å². The Labute approximate surface area is 184 Å². The molecule has 5 nitrogen and oxygen atoms in total. The van der Waals surface area contributed by atoms with Gasteiger partial charge in [-0.1, -0.05) is 36.4 Å². The SMILES string of the molecule is Oc1ccc(N2CCN(c3ccccc3)CC2)cc1N1CCN(c2ccccc2)CC1. The van der Waals surface area contributed by atoms with Crippen LogP contribution in [0.5, 0.6) is 5.75 Å². The lowest BCUT2D eigenvalue weighted by molar-refractivity contribution is 0.472. The van der Waals surface area contributed by atoms with Crippen LogP contribution in [0.15, 0.2) is 78.9 Å². The van der Waals surface area contributed by atoms with Gasteiger partial charge in [0.15, 0.2) is 0 Å². The van der Waals surface area contributed by atoms with E-state index in [0.717, 1.165) is 58.0 Å². The average molecular weight is 415 g/mol. The molecule has 0 bridgehead atoms. The van der Waals surface area contributed by atoms with Gasteiger partial charge >= 0.3 is 0 Å². The van der Waals surface area contributed by atoms with E-state index in [-0.39, 0.29) is 0 Å². The van der Waals surface area contributed by atoms with Crippen LogP contribution in [-0.2, 0) is 0 Å². The van der Waals surface area contributed by atoms with Gasteiger partial charge in [0.1, 0.15) is 5.75 Å². The topological polar surface area (TPSA) is 33.2 Å². The highest BCUT2D eigenvalue weighted by Crippen LogP contribution is 2.33. The van der Waals surface area contributed by atoms with Crippen LogP contribution in [0, 0.1) is 0 Å². The van der Waals surface area contributed by atoms with E-state index in [1.54, 1.807) is 0 Å². The second kappa shape index (κ2) is 8.80. The maximum atomic E-state index is 10.6. The van der Waals surface area contributed by atoms with Crippen LogP contribution in [0.2, 0.25) is 0 Å². The van der Waals surface area contributed by atoms with E-state index in [1.807, 2.05) is 6.07 Å². The third-order valence-electron chi connectivity index (χ3n) is 6.47. The maximum absolute atomic E-state index is 10.6. The third-order valence-corrected chi connectivity index (χ3v) is 6.47. The largest absolute Gasteiger partial charge is 0.506 e. The van der Waals surface area contributed by atoms with Gasteiger partial charge < -0.3 is 24.7 Å². The van der Waals surface area contributed by atoms with Crippen LogP contribution in [-0.4, -0.2) is 57.5 Å². The molecule has 0 spiro atoms. The van der Waals surface area contributed by atoms with Gasteiger partial charge in [-0.3, -0.25) is 0 Å². The lowest BCUT2D eigenvalue weighted by atomic mass is 10.1. The Morgan fingerprint density at radius 1 is 0.452 bits per heavy atom. The van der Waals surface area contributed by atoms with Crippen molar-refractivity contribution >= 4 is 22.7 Å². The molecule has 3 aromatic carbocycles. The van der Waals surface area contributed by atoms with Crippen molar-refractivity contribution in [3.05, 3.63) is 78.9 Å². The van der Waals surface area contributed by atoms with Crippen molar-refractivity contribution in [3.8, 4) is 5.75 Å². The van der Waals surface area contributed by atoms with Crippen LogP contribution < -0.4 is 19.6 Å².